The Labute approximate surface area is 210 Å². The van der Waals surface area contributed by atoms with Gasteiger partial charge < -0.3 is 14.2 Å². The summed E-state index contributed by atoms with van der Waals surface area (Å²) in [6, 6.07) is 14.2. The molecular weight excluding hydrogens is 460 g/mol. The molecule has 0 aromatic heterocycles. The number of hydrogen-bond donors (Lipinski definition) is 0. The summed E-state index contributed by atoms with van der Waals surface area (Å²) in [5.74, 6) is -0.816. The fourth-order valence-electron chi connectivity index (χ4n) is 6.99. The summed E-state index contributed by atoms with van der Waals surface area (Å²) in [6.07, 6.45) is 5.69. The van der Waals surface area contributed by atoms with Crippen molar-refractivity contribution in [2.24, 2.45) is 23.7 Å². The van der Waals surface area contributed by atoms with Crippen molar-refractivity contribution in [1.29, 1.82) is 0 Å². The first kappa shape index (κ1) is 23.6. The van der Waals surface area contributed by atoms with E-state index >= 15 is 0 Å². The minimum absolute atomic E-state index is 0.285. The van der Waals surface area contributed by atoms with E-state index < -0.39 is 11.6 Å². The van der Waals surface area contributed by atoms with Gasteiger partial charge in [-0.1, -0.05) is 24.3 Å². The minimum atomic E-state index is -1.32. The topological polar surface area (TPSA) is 80.3 Å². The van der Waals surface area contributed by atoms with E-state index in [1.807, 2.05) is 24.3 Å². The molecule has 1 aliphatic heterocycles. The van der Waals surface area contributed by atoms with Gasteiger partial charge in [-0.3, -0.25) is 0 Å². The molecule has 190 valence electrons. The molecule has 7 nitrogen and oxygen atoms in total. The second kappa shape index (κ2) is 8.98. The van der Waals surface area contributed by atoms with Crippen LogP contribution in [0.2, 0.25) is 0 Å². The van der Waals surface area contributed by atoms with Crippen LogP contribution in [0.15, 0.2) is 48.5 Å². The van der Waals surface area contributed by atoms with Gasteiger partial charge in [0.05, 0.1) is 24.3 Å². The Hall–Kier alpha value is -2.74. The molecule has 4 saturated carbocycles. The Kier molecular flexibility index (Phi) is 5.90. The number of ether oxygens (including phenoxy) is 3. The largest absolute Gasteiger partial charge is 0.462 e. The Morgan fingerprint density at radius 3 is 1.58 bits per heavy atom. The lowest BCUT2D eigenvalue weighted by Gasteiger charge is -2.57. The summed E-state index contributed by atoms with van der Waals surface area (Å²) in [6.45, 7) is 4.18. The van der Waals surface area contributed by atoms with Gasteiger partial charge in [0, 0.05) is 23.0 Å². The highest BCUT2D eigenvalue weighted by atomic mass is 17.3. The van der Waals surface area contributed by atoms with Crippen molar-refractivity contribution in [2.75, 3.05) is 13.2 Å². The molecule has 4 bridgehead atoms. The SMILES string of the molecule is CCOC(=O)c1ccc(C2(c3ccc(C(=O)OCC)cc3)OOC3(O2)C2CC4CC(C2)CC3C4)cc1. The van der Waals surface area contributed by atoms with Crippen LogP contribution in [0.5, 0.6) is 0 Å². The molecule has 7 heteroatoms. The quantitative estimate of drug-likeness (QED) is 0.396. The van der Waals surface area contributed by atoms with Crippen molar-refractivity contribution in [1.82, 2.24) is 0 Å². The van der Waals surface area contributed by atoms with Crippen LogP contribution in [0.4, 0.5) is 0 Å². The van der Waals surface area contributed by atoms with Crippen molar-refractivity contribution >= 4 is 11.9 Å². The molecule has 0 radical (unpaired) electrons. The molecule has 5 aliphatic rings. The van der Waals surface area contributed by atoms with Crippen LogP contribution >= 0.6 is 0 Å². The van der Waals surface area contributed by atoms with Gasteiger partial charge in [-0.15, -0.1) is 0 Å². The maximum absolute atomic E-state index is 12.2. The lowest BCUT2D eigenvalue weighted by molar-refractivity contribution is -0.387. The van der Waals surface area contributed by atoms with Crippen LogP contribution in [0, 0.1) is 23.7 Å². The van der Waals surface area contributed by atoms with E-state index in [-0.39, 0.29) is 23.8 Å². The van der Waals surface area contributed by atoms with Crippen LogP contribution in [-0.2, 0) is 29.8 Å². The summed E-state index contributed by atoms with van der Waals surface area (Å²) in [4.78, 5) is 37.0. The number of rotatable bonds is 6. The molecule has 0 amide bonds. The van der Waals surface area contributed by atoms with Crippen LogP contribution in [-0.4, -0.2) is 30.9 Å². The molecule has 2 aromatic rings. The first-order valence-corrected chi connectivity index (χ1v) is 13.1. The minimum Gasteiger partial charge on any atom is -0.462 e. The predicted molar refractivity (Wildman–Crippen MR) is 129 cm³/mol. The third kappa shape index (κ3) is 3.67. The molecule has 4 aliphatic carbocycles. The van der Waals surface area contributed by atoms with Gasteiger partial charge in [-0.25, -0.2) is 9.59 Å². The third-order valence-electron chi connectivity index (χ3n) is 8.42. The fourth-order valence-corrected chi connectivity index (χ4v) is 6.99. The first-order chi connectivity index (χ1) is 17.5. The molecule has 2 aromatic carbocycles. The van der Waals surface area contributed by atoms with Gasteiger partial charge in [0.15, 0.2) is 0 Å². The van der Waals surface area contributed by atoms with E-state index in [2.05, 4.69) is 0 Å². The summed E-state index contributed by atoms with van der Waals surface area (Å²) in [5.41, 5.74) is 2.34. The van der Waals surface area contributed by atoms with E-state index in [0.29, 0.717) is 35.5 Å². The van der Waals surface area contributed by atoms with E-state index in [0.717, 1.165) is 37.5 Å². The van der Waals surface area contributed by atoms with Crippen molar-refractivity contribution in [3.05, 3.63) is 70.8 Å². The molecule has 36 heavy (non-hydrogen) atoms. The fraction of sp³-hybridized carbons (Fsp3) is 0.517. The zero-order valence-electron chi connectivity index (χ0n) is 20.7. The summed E-state index contributed by atoms with van der Waals surface area (Å²) in [5, 5.41) is 0. The van der Waals surface area contributed by atoms with Gasteiger partial charge in [-0.2, -0.15) is 9.78 Å². The lowest BCUT2D eigenvalue weighted by Crippen LogP contribution is -2.59. The maximum atomic E-state index is 12.2. The molecule has 0 unspecified atom stereocenters. The second-order valence-corrected chi connectivity index (χ2v) is 10.5. The van der Waals surface area contributed by atoms with Crippen LogP contribution in [0.1, 0.15) is 77.8 Å². The molecule has 1 spiro atoms. The van der Waals surface area contributed by atoms with Crippen LogP contribution in [0.25, 0.3) is 0 Å². The van der Waals surface area contributed by atoms with Crippen molar-refractivity contribution < 1.29 is 33.6 Å². The third-order valence-corrected chi connectivity index (χ3v) is 8.42. The number of benzene rings is 2. The van der Waals surface area contributed by atoms with Gasteiger partial charge in [-0.05, 0) is 82.1 Å². The zero-order chi connectivity index (χ0) is 24.9. The summed E-state index contributed by atoms with van der Waals surface area (Å²) >= 11 is 0. The Bertz CT molecular complexity index is 1050. The average Bonchev–Trinajstić information content (AvgIpc) is 3.30. The van der Waals surface area contributed by atoms with Crippen molar-refractivity contribution in [2.45, 2.75) is 57.5 Å². The van der Waals surface area contributed by atoms with Gasteiger partial charge >= 0.3 is 11.9 Å². The Morgan fingerprint density at radius 1 is 0.722 bits per heavy atom. The van der Waals surface area contributed by atoms with Crippen LogP contribution in [0.3, 0.4) is 0 Å². The smallest absolute Gasteiger partial charge is 0.338 e. The summed E-state index contributed by atoms with van der Waals surface area (Å²) in [7, 11) is 0. The van der Waals surface area contributed by atoms with Crippen LogP contribution < -0.4 is 0 Å². The number of hydrogen-bond acceptors (Lipinski definition) is 7. The molecule has 7 rings (SSSR count). The Balaban J connectivity index is 1.38. The number of esters is 2. The highest BCUT2D eigenvalue weighted by Crippen LogP contribution is 2.64. The van der Waals surface area contributed by atoms with E-state index in [4.69, 9.17) is 24.0 Å². The van der Waals surface area contributed by atoms with Crippen molar-refractivity contribution in [3.63, 3.8) is 0 Å². The molecular formula is C29H32O7. The van der Waals surface area contributed by atoms with E-state index in [1.54, 1.807) is 38.1 Å². The van der Waals surface area contributed by atoms with E-state index in [1.165, 1.54) is 6.42 Å². The highest BCUT2D eigenvalue weighted by molar-refractivity contribution is 5.90. The molecule has 0 atom stereocenters. The lowest BCUT2D eigenvalue weighted by atomic mass is 9.53. The molecule has 5 fully saturated rings. The highest BCUT2D eigenvalue weighted by Gasteiger charge is 2.67. The maximum Gasteiger partial charge on any atom is 0.338 e. The molecule has 0 N–H and O–H groups in total. The van der Waals surface area contributed by atoms with E-state index in [9.17, 15) is 9.59 Å². The standard InChI is InChI=1S/C29H32O7/c1-3-32-26(30)20-5-9-22(10-6-20)28(23-11-7-21(8-12-23)27(31)33-4-2)34-29(36-35-28)24-14-18-13-19(16-24)17-25(29)15-18/h5-12,18-19,24-25H,3-4,13-17H2,1-2H3. The monoisotopic (exact) mass is 492 g/mol. The van der Waals surface area contributed by atoms with Gasteiger partial charge in [0.2, 0.25) is 5.79 Å². The van der Waals surface area contributed by atoms with Gasteiger partial charge in [0.1, 0.15) is 0 Å². The predicted octanol–water partition coefficient (Wildman–Crippen LogP) is 5.37. The van der Waals surface area contributed by atoms with Gasteiger partial charge in [0.25, 0.3) is 5.79 Å². The second-order valence-electron chi connectivity index (χ2n) is 10.5. The van der Waals surface area contributed by atoms with Crippen molar-refractivity contribution in [3.8, 4) is 0 Å². The molecule has 1 heterocycles. The number of carbonyl (C=O) groups excluding carboxylic acids is 2. The number of carbonyl (C=O) groups is 2. The zero-order valence-corrected chi connectivity index (χ0v) is 20.7. The first-order valence-electron chi connectivity index (χ1n) is 13.1. The average molecular weight is 493 g/mol. The molecule has 1 saturated heterocycles. The normalized spacial score (nSPS) is 31.5. The Morgan fingerprint density at radius 2 is 1.17 bits per heavy atom. The summed E-state index contributed by atoms with van der Waals surface area (Å²) < 4.78 is 17.3.